The van der Waals surface area contributed by atoms with E-state index in [9.17, 15) is 0 Å². The molecule has 1 saturated heterocycles. The van der Waals surface area contributed by atoms with E-state index in [1.807, 2.05) is 0 Å². The minimum atomic E-state index is 0.551. The molecule has 2 heterocycles. The van der Waals surface area contributed by atoms with Crippen LogP contribution < -0.4 is 10.6 Å². The molecule has 2 rings (SSSR count). The molecule has 5 heteroatoms. The van der Waals surface area contributed by atoms with Gasteiger partial charge in [-0.15, -0.1) is 11.3 Å². The fourth-order valence-electron chi connectivity index (χ4n) is 2.46. The van der Waals surface area contributed by atoms with Gasteiger partial charge in [-0.05, 0) is 12.8 Å². The van der Waals surface area contributed by atoms with Crippen LogP contribution in [0.3, 0.4) is 0 Å². The highest BCUT2D eigenvalue weighted by Crippen LogP contribution is 2.22. The summed E-state index contributed by atoms with van der Waals surface area (Å²) < 4.78 is 0. The summed E-state index contributed by atoms with van der Waals surface area (Å²) in [6.45, 7) is 9.52. The summed E-state index contributed by atoms with van der Waals surface area (Å²) in [4.78, 5) is 9.59. The number of nitrogens with zero attached hydrogens (tertiary/aromatic N) is 3. The van der Waals surface area contributed by atoms with Crippen molar-refractivity contribution in [2.75, 3.05) is 37.6 Å². The fraction of sp³-hybridized carbons (Fsp3) is 0.769. The first-order chi connectivity index (χ1) is 8.78. The average molecular weight is 268 g/mol. The number of piperazine rings is 1. The maximum Gasteiger partial charge on any atom is 0.185 e. The van der Waals surface area contributed by atoms with Crippen LogP contribution in [-0.2, 0) is 6.42 Å². The van der Waals surface area contributed by atoms with Gasteiger partial charge in [-0.3, -0.25) is 4.90 Å². The third kappa shape index (κ3) is 3.02. The molecule has 0 radical (unpaired) electrons. The van der Waals surface area contributed by atoms with Gasteiger partial charge >= 0.3 is 0 Å². The minimum absolute atomic E-state index is 0.551. The lowest BCUT2D eigenvalue weighted by Gasteiger charge is -2.38. The molecule has 0 aromatic carbocycles. The van der Waals surface area contributed by atoms with Gasteiger partial charge in [0.25, 0.3) is 0 Å². The van der Waals surface area contributed by atoms with E-state index >= 15 is 0 Å². The van der Waals surface area contributed by atoms with Gasteiger partial charge in [0.1, 0.15) is 0 Å². The Morgan fingerprint density at radius 1 is 1.33 bits per heavy atom. The zero-order valence-electron chi connectivity index (χ0n) is 11.4. The maximum atomic E-state index is 5.82. The van der Waals surface area contributed by atoms with Crippen molar-refractivity contribution in [2.45, 2.75) is 32.7 Å². The summed E-state index contributed by atoms with van der Waals surface area (Å²) in [5.74, 6) is 0. The predicted octanol–water partition coefficient (Wildman–Crippen LogP) is 1.56. The van der Waals surface area contributed by atoms with Crippen LogP contribution in [-0.4, -0.2) is 48.6 Å². The van der Waals surface area contributed by atoms with Gasteiger partial charge in [-0.25, -0.2) is 4.98 Å². The summed E-state index contributed by atoms with van der Waals surface area (Å²) in [7, 11) is 0. The van der Waals surface area contributed by atoms with Crippen molar-refractivity contribution >= 4 is 16.5 Å². The van der Waals surface area contributed by atoms with Gasteiger partial charge in [0.2, 0.25) is 0 Å². The van der Waals surface area contributed by atoms with E-state index < -0.39 is 0 Å². The first kappa shape index (κ1) is 13.8. The van der Waals surface area contributed by atoms with Crippen molar-refractivity contribution in [2.24, 2.45) is 5.73 Å². The molecule has 2 N–H and O–H groups in total. The number of aryl methyl sites for hydroxylation is 1. The molecule has 1 aliphatic heterocycles. The average Bonchev–Trinajstić information content (AvgIpc) is 2.90. The molecular weight excluding hydrogens is 244 g/mol. The minimum Gasteiger partial charge on any atom is -0.346 e. The molecule has 1 atom stereocenters. The summed E-state index contributed by atoms with van der Waals surface area (Å²) in [6.07, 6.45) is 2.18. The Morgan fingerprint density at radius 3 is 2.56 bits per heavy atom. The quantitative estimate of drug-likeness (QED) is 0.880. The molecular formula is C13H24N4S. The summed E-state index contributed by atoms with van der Waals surface area (Å²) in [6, 6.07) is 0.551. The van der Waals surface area contributed by atoms with Gasteiger partial charge in [0.05, 0.1) is 5.69 Å². The molecule has 0 saturated carbocycles. The standard InChI is InChI=1S/C13H24N4S/c1-3-11-10-18-13(15-11)17-7-5-16(6-8-17)12(4-2)9-14/h10,12H,3-9,14H2,1-2H3. The van der Waals surface area contributed by atoms with E-state index in [4.69, 9.17) is 5.73 Å². The monoisotopic (exact) mass is 268 g/mol. The molecule has 1 aromatic rings. The number of hydrogen-bond acceptors (Lipinski definition) is 5. The lowest BCUT2D eigenvalue weighted by atomic mass is 10.1. The number of hydrogen-bond donors (Lipinski definition) is 1. The van der Waals surface area contributed by atoms with Crippen LogP contribution in [0.2, 0.25) is 0 Å². The molecule has 1 fully saturated rings. The summed E-state index contributed by atoms with van der Waals surface area (Å²) >= 11 is 1.77. The van der Waals surface area contributed by atoms with E-state index in [1.54, 1.807) is 11.3 Å². The topological polar surface area (TPSA) is 45.4 Å². The molecule has 0 spiro atoms. The Morgan fingerprint density at radius 2 is 2.06 bits per heavy atom. The number of aromatic nitrogens is 1. The van der Waals surface area contributed by atoms with Crippen LogP contribution in [0.25, 0.3) is 0 Å². The van der Waals surface area contributed by atoms with E-state index in [1.165, 1.54) is 10.8 Å². The second kappa shape index (κ2) is 6.50. The van der Waals surface area contributed by atoms with Gasteiger partial charge in [-0.1, -0.05) is 13.8 Å². The van der Waals surface area contributed by atoms with Crippen molar-refractivity contribution in [3.8, 4) is 0 Å². The first-order valence-corrected chi connectivity index (χ1v) is 7.79. The Balaban J connectivity index is 1.90. The highest BCUT2D eigenvalue weighted by atomic mass is 32.1. The molecule has 1 aliphatic rings. The molecule has 0 bridgehead atoms. The largest absolute Gasteiger partial charge is 0.346 e. The van der Waals surface area contributed by atoms with Crippen LogP contribution in [0, 0.1) is 0 Å². The Kier molecular flexibility index (Phi) is 4.97. The third-order valence-corrected chi connectivity index (χ3v) is 4.70. The third-order valence-electron chi connectivity index (χ3n) is 3.75. The van der Waals surface area contributed by atoms with Crippen LogP contribution in [0.5, 0.6) is 0 Å². The van der Waals surface area contributed by atoms with Gasteiger partial charge in [-0.2, -0.15) is 0 Å². The maximum absolute atomic E-state index is 5.82. The van der Waals surface area contributed by atoms with E-state index in [0.717, 1.165) is 45.6 Å². The molecule has 4 nitrogen and oxygen atoms in total. The molecule has 0 aliphatic carbocycles. The fourth-order valence-corrected chi connectivity index (χ4v) is 3.42. The van der Waals surface area contributed by atoms with Crippen molar-refractivity contribution < 1.29 is 0 Å². The highest BCUT2D eigenvalue weighted by molar-refractivity contribution is 7.13. The predicted molar refractivity (Wildman–Crippen MR) is 78.4 cm³/mol. The normalized spacial score (nSPS) is 19.2. The van der Waals surface area contributed by atoms with Crippen LogP contribution >= 0.6 is 11.3 Å². The molecule has 18 heavy (non-hydrogen) atoms. The van der Waals surface area contributed by atoms with Gasteiger partial charge in [0, 0.05) is 44.1 Å². The second-order valence-corrected chi connectivity index (χ2v) is 5.63. The van der Waals surface area contributed by atoms with Crippen LogP contribution in [0.15, 0.2) is 5.38 Å². The number of thiazole rings is 1. The summed E-state index contributed by atoms with van der Waals surface area (Å²) in [5.41, 5.74) is 7.03. The van der Waals surface area contributed by atoms with Crippen molar-refractivity contribution in [3.63, 3.8) is 0 Å². The summed E-state index contributed by atoms with van der Waals surface area (Å²) in [5, 5.41) is 3.36. The molecule has 1 unspecified atom stereocenters. The van der Waals surface area contributed by atoms with Crippen LogP contribution in [0.1, 0.15) is 26.0 Å². The zero-order valence-corrected chi connectivity index (χ0v) is 12.2. The second-order valence-electron chi connectivity index (χ2n) is 4.80. The van der Waals surface area contributed by atoms with Crippen molar-refractivity contribution in [3.05, 3.63) is 11.1 Å². The van der Waals surface area contributed by atoms with E-state index in [-0.39, 0.29) is 0 Å². The molecule has 1 aromatic heterocycles. The Hall–Kier alpha value is -0.650. The van der Waals surface area contributed by atoms with Crippen LogP contribution in [0.4, 0.5) is 5.13 Å². The van der Waals surface area contributed by atoms with Gasteiger partial charge in [0.15, 0.2) is 5.13 Å². The highest BCUT2D eigenvalue weighted by Gasteiger charge is 2.23. The molecule has 0 amide bonds. The van der Waals surface area contributed by atoms with Crippen molar-refractivity contribution in [1.29, 1.82) is 0 Å². The molecule has 102 valence electrons. The number of anilines is 1. The lowest BCUT2D eigenvalue weighted by Crippen LogP contribution is -2.52. The zero-order chi connectivity index (χ0) is 13.0. The SMILES string of the molecule is CCc1csc(N2CCN(C(CC)CN)CC2)n1. The van der Waals surface area contributed by atoms with Crippen molar-refractivity contribution in [1.82, 2.24) is 9.88 Å². The Labute approximate surface area is 114 Å². The number of nitrogens with two attached hydrogens (primary N) is 1. The van der Waals surface area contributed by atoms with E-state index in [0.29, 0.717) is 6.04 Å². The van der Waals surface area contributed by atoms with E-state index in [2.05, 4.69) is 34.0 Å². The van der Waals surface area contributed by atoms with Gasteiger partial charge < -0.3 is 10.6 Å². The lowest BCUT2D eigenvalue weighted by molar-refractivity contribution is 0.184. The first-order valence-electron chi connectivity index (χ1n) is 6.91. The Bertz CT molecular complexity index is 354. The number of rotatable bonds is 5. The smallest absolute Gasteiger partial charge is 0.185 e.